The summed E-state index contributed by atoms with van der Waals surface area (Å²) in [6, 6.07) is 0. The number of aromatic nitrogens is 2. The predicted molar refractivity (Wildman–Crippen MR) is 109 cm³/mol. The molecule has 0 aromatic carbocycles. The van der Waals surface area contributed by atoms with Crippen molar-refractivity contribution in [2.24, 2.45) is 10.9 Å². The van der Waals surface area contributed by atoms with Crippen molar-refractivity contribution < 1.29 is 0 Å². The molecular formula is C17H31IN6. The third kappa shape index (κ3) is 5.34. The lowest BCUT2D eigenvalue weighted by molar-refractivity contribution is 0.281. The van der Waals surface area contributed by atoms with Gasteiger partial charge in [0.2, 0.25) is 0 Å². The number of nitrogens with zero attached hydrogens (tertiary/aromatic N) is 5. The van der Waals surface area contributed by atoms with E-state index >= 15 is 0 Å². The van der Waals surface area contributed by atoms with Crippen molar-refractivity contribution in [1.29, 1.82) is 0 Å². The van der Waals surface area contributed by atoms with Gasteiger partial charge in [0.15, 0.2) is 5.96 Å². The Labute approximate surface area is 162 Å². The van der Waals surface area contributed by atoms with Crippen LogP contribution in [0.3, 0.4) is 0 Å². The number of halogens is 1. The molecule has 1 N–H and O–H groups in total. The summed E-state index contributed by atoms with van der Waals surface area (Å²) in [5, 5.41) is 7.81. The summed E-state index contributed by atoms with van der Waals surface area (Å²) in [4.78, 5) is 9.50. The Balaban J connectivity index is 0.00000208. The van der Waals surface area contributed by atoms with E-state index in [1.165, 1.54) is 44.5 Å². The molecule has 0 amide bonds. The first-order valence-corrected chi connectivity index (χ1v) is 8.91. The maximum Gasteiger partial charge on any atom is 0.193 e. The standard InChI is InChI=1S/C17H30N6.HI/c1-15-11-20-23(12-15)10-6-19-17(18-2)22-9-5-16(14-22)13-21-7-3-4-8-21;/h11-12,16H,3-10,13-14H2,1-2H3,(H,18,19);1H. The van der Waals surface area contributed by atoms with Crippen LogP contribution in [0.15, 0.2) is 17.4 Å². The number of guanidine groups is 1. The normalized spacial score (nSPS) is 22.0. The van der Waals surface area contributed by atoms with Crippen LogP contribution in [-0.2, 0) is 6.54 Å². The second-order valence-corrected chi connectivity index (χ2v) is 6.86. The molecule has 2 aliphatic rings. The molecule has 24 heavy (non-hydrogen) atoms. The Hall–Kier alpha value is -0.830. The molecule has 0 bridgehead atoms. The van der Waals surface area contributed by atoms with Crippen LogP contribution in [0, 0.1) is 12.8 Å². The molecule has 2 saturated heterocycles. The fourth-order valence-corrected chi connectivity index (χ4v) is 3.71. The van der Waals surface area contributed by atoms with Crippen LogP contribution in [0.1, 0.15) is 24.8 Å². The third-order valence-electron chi connectivity index (χ3n) is 4.90. The van der Waals surface area contributed by atoms with Gasteiger partial charge in [-0.25, -0.2) is 0 Å². The van der Waals surface area contributed by atoms with Crippen LogP contribution in [0.4, 0.5) is 0 Å². The van der Waals surface area contributed by atoms with E-state index in [0.717, 1.165) is 38.1 Å². The quantitative estimate of drug-likeness (QED) is 0.426. The van der Waals surface area contributed by atoms with Crippen LogP contribution in [0.25, 0.3) is 0 Å². The molecule has 3 rings (SSSR count). The van der Waals surface area contributed by atoms with Crippen LogP contribution >= 0.6 is 24.0 Å². The minimum absolute atomic E-state index is 0. The number of aryl methyl sites for hydroxylation is 1. The zero-order valence-corrected chi connectivity index (χ0v) is 17.3. The molecule has 1 unspecified atom stereocenters. The number of likely N-dealkylation sites (tertiary alicyclic amines) is 2. The highest BCUT2D eigenvalue weighted by Crippen LogP contribution is 2.19. The van der Waals surface area contributed by atoms with Gasteiger partial charge < -0.3 is 15.1 Å². The first-order chi connectivity index (χ1) is 11.2. The van der Waals surface area contributed by atoms with E-state index in [1.54, 1.807) is 0 Å². The molecule has 7 heteroatoms. The molecule has 1 atom stereocenters. The van der Waals surface area contributed by atoms with E-state index in [-0.39, 0.29) is 24.0 Å². The Bertz CT molecular complexity index is 523. The third-order valence-corrected chi connectivity index (χ3v) is 4.90. The lowest BCUT2D eigenvalue weighted by Gasteiger charge is -2.23. The van der Waals surface area contributed by atoms with Crippen molar-refractivity contribution in [3.63, 3.8) is 0 Å². The molecule has 1 aromatic heterocycles. The van der Waals surface area contributed by atoms with E-state index in [9.17, 15) is 0 Å². The zero-order valence-electron chi connectivity index (χ0n) is 14.9. The highest BCUT2D eigenvalue weighted by Gasteiger charge is 2.27. The van der Waals surface area contributed by atoms with Gasteiger partial charge in [0.1, 0.15) is 0 Å². The first kappa shape index (κ1) is 19.5. The zero-order chi connectivity index (χ0) is 16.1. The number of hydrogen-bond donors (Lipinski definition) is 1. The van der Waals surface area contributed by atoms with Crippen molar-refractivity contribution >= 4 is 29.9 Å². The first-order valence-electron chi connectivity index (χ1n) is 8.91. The van der Waals surface area contributed by atoms with Crippen molar-refractivity contribution in [1.82, 2.24) is 24.9 Å². The molecule has 0 aliphatic carbocycles. The fourth-order valence-electron chi connectivity index (χ4n) is 3.71. The van der Waals surface area contributed by atoms with Gasteiger partial charge in [-0.15, -0.1) is 24.0 Å². The molecule has 0 radical (unpaired) electrons. The minimum Gasteiger partial charge on any atom is -0.354 e. The van der Waals surface area contributed by atoms with E-state index in [0.29, 0.717) is 0 Å². The Morgan fingerprint density at radius 1 is 1.33 bits per heavy atom. The molecule has 136 valence electrons. The molecule has 0 saturated carbocycles. The van der Waals surface area contributed by atoms with Gasteiger partial charge >= 0.3 is 0 Å². The van der Waals surface area contributed by atoms with Gasteiger partial charge in [0, 0.05) is 39.4 Å². The minimum atomic E-state index is 0. The van der Waals surface area contributed by atoms with Crippen molar-refractivity contribution in [3.05, 3.63) is 18.0 Å². The lowest BCUT2D eigenvalue weighted by Crippen LogP contribution is -2.41. The van der Waals surface area contributed by atoms with Gasteiger partial charge in [-0.05, 0) is 50.8 Å². The Morgan fingerprint density at radius 3 is 2.79 bits per heavy atom. The van der Waals surface area contributed by atoms with E-state index in [2.05, 4.69) is 38.3 Å². The molecular weight excluding hydrogens is 415 g/mol. The van der Waals surface area contributed by atoms with Gasteiger partial charge in [-0.2, -0.15) is 5.10 Å². The van der Waals surface area contributed by atoms with E-state index < -0.39 is 0 Å². The van der Waals surface area contributed by atoms with E-state index in [4.69, 9.17) is 0 Å². The van der Waals surface area contributed by atoms with Crippen LogP contribution in [-0.4, -0.2) is 71.9 Å². The van der Waals surface area contributed by atoms with Crippen molar-refractivity contribution in [3.8, 4) is 0 Å². The summed E-state index contributed by atoms with van der Waals surface area (Å²) in [6.45, 7) is 9.93. The highest BCUT2D eigenvalue weighted by molar-refractivity contribution is 14.0. The highest BCUT2D eigenvalue weighted by atomic mass is 127. The number of aliphatic imine (C=N–C) groups is 1. The topological polar surface area (TPSA) is 48.7 Å². The largest absolute Gasteiger partial charge is 0.354 e. The molecule has 2 fully saturated rings. The van der Waals surface area contributed by atoms with Gasteiger partial charge in [-0.1, -0.05) is 0 Å². The SMILES string of the molecule is CN=C(NCCn1cc(C)cn1)N1CCC(CN2CCCC2)C1.I. The van der Waals surface area contributed by atoms with Gasteiger partial charge in [-0.3, -0.25) is 9.67 Å². The average molecular weight is 446 g/mol. The molecule has 1 aromatic rings. The number of rotatable bonds is 5. The summed E-state index contributed by atoms with van der Waals surface area (Å²) < 4.78 is 1.98. The summed E-state index contributed by atoms with van der Waals surface area (Å²) in [5.41, 5.74) is 1.21. The van der Waals surface area contributed by atoms with Crippen molar-refractivity contribution in [2.45, 2.75) is 32.7 Å². The number of hydrogen-bond acceptors (Lipinski definition) is 3. The monoisotopic (exact) mass is 446 g/mol. The number of nitrogens with one attached hydrogen (secondary N) is 1. The van der Waals surface area contributed by atoms with Crippen LogP contribution in [0.5, 0.6) is 0 Å². The summed E-state index contributed by atoms with van der Waals surface area (Å²) in [7, 11) is 1.88. The average Bonchev–Trinajstić information content (AvgIpc) is 3.27. The maximum absolute atomic E-state index is 4.46. The summed E-state index contributed by atoms with van der Waals surface area (Å²) >= 11 is 0. The molecule has 0 spiro atoms. The summed E-state index contributed by atoms with van der Waals surface area (Å²) in [6.07, 6.45) is 8.03. The Kier molecular flexibility index (Phi) is 7.80. The van der Waals surface area contributed by atoms with E-state index in [1.807, 2.05) is 17.9 Å². The summed E-state index contributed by atoms with van der Waals surface area (Å²) in [5.74, 6) is 1.83. The smallest absolute Gasteiger partial charge is 0.193 e. The molecule has 6 nitrogen and oxygen atoms in total. The maximum atomic E-state index is 4.46. The van der Waals surface area contributed by atoms with Crippen LogP contribution in [0.2, 0.25) is 0 Å². The van der Waals surface area contributed by atoms with Crippen LogP contribution < -0.4 is 5.32 Å². The van der Waals surface area contributed by atoms with Gasteiger partial charge in [0.25, 0.3) is 0 Å². The second kappa shape index (κ2) is 9.60. The molecule has 3 heterocycles. The Morgan fingerprint density at radius 2 is 2.12 bits per heavy atom. The predicted octanol–water partition coefficient (Wildman–Crippen LogP) is 1.80. The van der Waals surface area contributed by atoms with Gasteiger partial charge in [0.05, 0.1) is 12.7 Å². The second-order valence-electron chi connectivity index (χ2n) is 6.86. The fraction of sp³-hybridized carbons (Fsp3) is 0.765. The molecule has 2 aliphatic heterocycles. The lowest BCUT2D eigenvalue weighted by atomic mass is 10.1. The van der Waals surface area contributed by atoms with Crippen molar-refractivity contribution in [2.75, 3.05) is 46.3 Å².